The standard InChI is InChI=1S/C23H30F3N5O/c1-3-4-5-6-7-8-9-21-28-18-16-17(10-12-19(18)31(21)15-14-27-2)11-13-20-29-22(32-30-20)23(24,25)26/h10-13,16,27H,3-9,14-15H2,1-2H3/b13-11+. The fourth-order valence-corrected chi connectivity index (χ4v) is 3.62. The molecule has 1 aromatic carbocycles. The van der Waals surface area contributed by atoms with E-state index in [4.69, 9.17) is 4.98 Å². The summed E-state index contributed by atoms with van der Waals surface area (Å²) in [5, 5.41) is 6.54. The third-order valence-corrected chi connectivity index (χ3v) is 5.30. The topological polar surface area (TPSA) is 68.8 Å². The number of halogens is 3. The lowest BCUT2D eigenvalue weighted by Gasteiger charge is -2.09. The Morgan fingerprint density at radius 1 is 1.06 bits per heavy atom. The molecule has 1 N–H and O–H groups in total. The number of aromatic nitrogens is 4. The van der Waals surface area contributed by atoms with Gasteiger partial charge in [-0.1, -0.05) is 56.3 Å². The molecule has 0 aliphatic rings. The third-order valence-electron chi connectivity index (χ3n) is 5.30. The van der Waals surface area contributed by atoms with Crippen LogP contribution in [0.5, 0.6) is 0 Å². The number of hydrogen-bond donors (Lipinski definition) is 1. The highest BCUT2D eigenvalue weighted by molar-refractivity contribution is 5.81. The summed E-state index contributed by atoms with van der Waals surface area (Å²) < 4.78 is 44.3. The molecule has 9 heteroatoms. The van der Waals surface area contributed by atoms with E-state index in [9.17, 15) is 13.2 Å². The van der Waals surface area contributed by atoms with E-state index in [-0.39, 0.29) is 5.82 Å². The molecule has 0 saturated carbocycles. The van der Waals surface area contributed by atoms with E-state index in [1.807, 2.05) is 25.2 Å². The van der Waals surface area contributed by atoms with Crippen molar-refractivity contribution in [3.8, 4) is 0 Å². The zero-order valence-electron chi connectivity index (χ0n) is 18.6. The predicted molar refractivity (Wildman–Crippen MR) is 119 cm³/mol. The fourth-order valence-electron chi connectivity index (χ4n) is 3.62. The molecule has 0 saturated heterocycles. The van der Waals surface area contributed by atoms with Crippen molar-refractivity contribution in [3.05, 3.63) is 41.3 Å². The summed E-state index contributed by atoms with van der Waals surface area (Å²) in [5.41, 5.74) is 2.73. The largest absolute Gasteiger partial charge is 0.471 e. The van der Waals surface area contributed by atoms with Gasteiger partial charge in [-0.05, 0) is 37.2 Å². The zero-order valence-corrected chi connectivity index (χ0v) is 18.6. The minimum absolute atomic E-state index is 0.124. The number of nitrogens with one attached hydrogen (secondary N) is 1. The van der Waals surface area contributed by atoms with Crippen LogP contribution in [0.25, 0.3) is 23.2 Å². The first-order valence-electron chi connectivity index (χ1n) is 11.1. The molecule has 6 nitrogen and oxygen atoms in total. The van der Waals surface area contributed by atoms with E-state index in [0.717, 1.165) is 48.4 Å². The minimum Gasteiger partial charge on any atom is -0.329 e. The molecular weight excluding hydrogens is 419 g/mol. The van der Waals surface area contributed by atoms with Crippen molar-refractivity contribution in [2.45, 2.75) is 64.6 Å². The normalized spacial score (nSPS) is 12.4. The lowest BCUT2D eigenvalue weighted by Crippen LogP contribution is -2.16. The lowest BCUT2D eigenvalue weighted by atomic mass is 10.1. The molecule has 0 amide bonds. The van der Waals surface area contributed by atoms with Crippen molar-refractivity contribution in [3.63, 3.8) is 0 Å². The van der Waals surface area contributed by atoms with Crippen LogP contribution < -0.4 is 5.32 Å². The fraction of sp³-hybridized carbons (Fsp3) is 0.522. The minimum atomic E-state index is -4.65. The van der Waals surface area contributed by atoms with E-state index in [1.54, 1.807) is 6.08 Å². The quantitative estimate of drug-likeness (QED) is 0.358. The van der Waals surface area contributed by atoms with E-state index >= 15 is 0 Å². The Balaban J connectivity index is 1.74. The van der Waals surface area contributed by atoms with Crippen molar-refractivity contribution >= 4 is 23.2 Å². The van der Waals surface area contributed by atoms with Gasteiger partial charge in [-0.15, -0.1) is 0 Å². The molecule has 0 atom stereocenters. The number of unbranched alkanes of at least 4 members (excludes halogenated alkanes) is 5. The van der Waals surface area contributed by atoms with Gasteiger partial charge in [0.15, 0.2) is 5.82 Å². The molecule has 0 fully saturated rings. The van der Waals surface area contributed by atoms with Crippen molar-refractivity contribution in [2.24, 2.45) is 0 Å². The summed E-state index contributed by atoms with van der Waals surface area (Å²) in [4.78, 5) is 8.21. The lowest BCUT2D eigenvalue weighted by molar-refractivity contribution is -0.159. The third kappa shape index (κ3) is 6.41. The number of hydrogen-bond acceptors (Lipinski definition) is 5. The number of likely N-dealkylation sites (N-methyl/N-ethyl adjacent to an activating group) is 1. The highest BCUT2D eigenvalue weighted by atomic mass is 19.4. The van der Waals surface area contributed by atoms with Crippen molar-refractivity contribution in [1.82, 2.24) is 25.0 Å². The molecule has 2 aromatic heterocycles. The molecule has 32 heavy (non-hydrogen) atoms. The van der Waals surface area contributed by atoms with Crippen LogP contribution in [0.3, 0.4) is 0 Å². The molecule has 3 aromatic rings. The van der Waals surface area contributed by atoms with E-state index in [0.29, 0.717) is 0 Å². The first-order chi connectivity index (χ1) is 15.4. The molecular formula is C23H30F3N5O. The van der Waals surface area contributed by atoms with Crippen LogP contribution >= 0.6 is 0 Å². The molecule has 0 bridgehead atoms. The molecule has 0 aliphatic carbocycles. The monoisotopic (exact) mass is 449 g/mol. The Morgan fingerprint density at radius 3 is 2.56 bits per heavy atom. The first kappa shape index (κ1) is 24.0. The van der Waals surface area contributed by atoms with Gasteiger partial charge in [0.2, 0.25) is 0 Å². The average molecular weight is 450 g/mol. The first-order valence-corrected chi connectivity index (χ1v) is 11.1. The van der Waals surface area contributed by atoms with Crippen LogP contribution in [0, 0.1) is 0 Å². The van der Waals surface area contributed by atoms with E-state index in [2.05, 4.69) is 31.5 Å². The summed E-state index contributed by atoms with van der Waals surface area (Å²) in [7, 11) is 1.93. The Bertz CT molecular complexity index is 1020. The van der Waals surface area contributed by atoms with Gasteiger partial charge in [0.25, 0.3) is 0 Å². The van der Waals surface area contributed by atoms with Crippen LogP contribution in [-0.2, 0) is 19.1 Å². The maximum Gasteiger partial charge on any atom is 0.471 e. The number of alkyl halides is 3. The molecule has 0 unspecified atom stereocenters. The summed E-state index contributed by atoms with van der Waals surface area (Å²) in [6, 6.07) is 5.84. The Kier molecular flexibility index (Phi) is 8.44. The Morgan fingerprint density at radius 2 is 1.84 bits per heavy atom. The van der Waals surface area contributed by atoms with Crippen molar-refractivity contribution < 1.29 is 17.7 Å². The second-order valence-corrected chi connectivity index (χ2v) is 7.84. The Hall–Kier alpha value is -2.68. The molecule has 0 aliphatic heterocycles. The number of aryl methyl sites for hydroxylation is 1. The number of benzene rings is 1. The molecule has 0 spiro atoms. The van der Waals surface area contributed by atoms with Crippen molar-refractivity contribution in [1.29, 1.82) is 0 Å². The average Bonchev–Trinajstić information content (AvgIpc) is 3.37. The van der Waals surface area contributed by atoms with Gasteiger partial charge >= 0.3 is 12.1 Å². The Labute approximate surface area is 185 Å². The summed E-state index contributed by atoms with van der Waals surface area (Å²) in [5.74, 6) is -0.407. The maximum absolute atomic E-state index is 12.6. The van der Waals surface area contributed by atoms with Crippen LogP contribution in [0.1, 0.15) is 68.6 Å². The van der Waals surface area contributed by atoms with Crippen LogP contribution in [0.4, 0.5) is 13.2 Å². The van der Waals surface area contributed by atoms with E-state index < -0.39 is 12.1 Å². The maximum atomic E-state index is 12.6. The van der Waals surface area contributed by atoms with Gasteiger partial charge in [-0.25, -0.2) is 4.98 Å². The van der Waals surface area contributed by atoms with Gasteiger partial charge in [0.05, 0.1) is 11.0 Å². The molecule has 3 rings (SSSR count). The SMILES string of the molecule is CCCCCCCCc1nc2cc(/C=C/c3noc(C(F)(F)F)n3)ccc2n1CCNC. The van der Waals surface area contributed by atoms with Crippen LogP contribution in [-0.4, -0.2) is 33.3 Å². The van der Waals surface area contributed by atoms with Crippen molar-refractivity contribution in [2.75, 3.05) is 13.6 Å². The second-order valence-electron chi connectivity index (χ2n) is 7.84. The van der Waals surface area contributed by atoms with Crippen LogP contribution in [0.15, 0.2) is 22.7 Å². The van der Waals surface area contributed by atoms with Gasteiger partial charge in [0, 0.05) is 19.5 Å². The summed E-state index contributed by atoms with van der Waals surface area (Å²) >= 11 is 0. The number of imidazole rings is 1. The number of nitrogens with zero attached hydrogens (tertiary/aromatic N) is 4. The molecule has 2 heterocycles. The highest BCUT2D eigenvalue weighted by Gasteiger charge is 2.38. The number of fused-ring (bicyclic) bond motifs is 1. The predicted octanol–water partition coefficient (Wildman–Crippen LogP) is 5.73. The smallest absolute Gasteiger partial charge is 0.329 e. The molecule has 174 valence electrons. The summed E-state index contributed by atoms with van der Waals surface area (Å²) in [6.07, 6.45) is 6.72. The highest BCUT2D eigenvalue weighted by Crippen LogP contribution is 2.27. The molecule has 0 radical (unpaired) electrons. The van der Waals surface area contributed by atoms with Crippen LogP contribution in [0.2, 0.25) is 0 Å². The second kappa shape index (κ2) is 11.3. The van der Waals surface area contributed by atoms with Gasteiger partial charge in [-0.3, -0.25) is 0 Å². The van der Waals surface area contributed by atoms with Gasteiger partial charge in [0.1, 0.15) is 5.82 Å². The van der Waals surface area contributed by atoms with Gasteiger partial charge in [-0.2, -0.15) is 18.2 Å². The van der Waals surface area contributed by atoms with Gasteiger partial charge < -0.3 is 14.4 Å². The summed E-state index contributed by atoms with van der Waals surface area (Å²) in [6.45, 7) is 3.89. The number of rotatable bonds is 12. The van der Waals surface area contributed by atoms with E-state index in [1.165, 1.54) is 38.2 Å². The zero-order chi connectivity index (χ0) is 23.0.